The minimum atomic E-state index is -1.13. The summed E-state index contributed by atoms with van der Waals surface area (Å²) in [5, 5.41) is 17.2. The number of allylic oxidation sites excluding steroid dienone is 1. The monoisotopic (exact) mass is 459 g/mol. The van der Waals surface area contributed by atoms with Crippen LogP contribution in [-0.4, -0.2) is 68.5 Å². The van der Waals surface area contributed by atoms with Gasteiger partial charge in [-0.2, -0.15) is 4.68 Å². The first kappa shape index (κ1) is 22.2. The van der Waals surface area contributed by atoms with Crippen LogP contribution in [0.3, 0.4) is 0 Å². The minimum Gasteiger partial charge on any atom is -0.478 e. The molecule has 1 amide bonds. The third kappa shape index (κ3) is 4.89. The topological polar surface area (TPSA) is 99.9 Å². The highest BCUT2D eigenvalue weighted by Crippen LogP contribution is 2.42. The fraction of sp³-hybridized carbons (Fsp3) is 0.409. The van der Waals surface area contributed by atoms with Gasteiger partial charge in [0.05, 0.1) is 0 Å². The molecule has 1 aliphatic heterocycles. The molecule has 1 aromatic carbocycles. The van der Waals surface area contributed by atoms with Gasteiger partial charge in [0.1, 0.15) is 5.75 Å². The van der Waals surface area contributed by atoms with Gasteiger partial charge in [-0.05, 0) is 19.1 Å². The van der Waals surface area contributed by atoms with Crippen LogP contribution in [0.25, 0.3) is 0 Å². The highest BCUT2D eigenvalue weighted by Gasteiger charge is 2.53. The molecule has 4 rings (SSSR count). The van der Waals surface area contributed by atoms with Crippen LogP contribution in [0.5, 0.6) is 5.75 Å². The maximum atomic E-state index is 12.8. The summed E-state index contributed by atoms with van der Waals surface area (Å²) in [5.41, 5.74) is 0.494. The van der Waals surface area contributed by atoms with E-state index in [-0.39, 0.29) is 6.03 Å². The maximum Gasteiger partial charge on any atom is 0.348 e. The van der Waals surface area contributed by atoms with E-state index >= 15 is 0 Å². The van der Waals surface area contributed by atoms with Gasteiger partial charge in [0.15, 0.2) is 5.82 Å². The Balaban J connectivity index is 1.36. The molecule has 0 spiro atoms. The first-order chi connectivity index (χ1) is 15.3. The molecule has 10 heteroatoms. The zero-order chi connectivity index (χ0) is 22.9. The molecular formula is C22H26ClN5O4. The van der Waals surface area contributed by atoms with Crippen LogP contribution in [0.4, 0.5) is 10.6 Å². The molecule has 2 N–H and O–H groups in total. The number of amides is 1. The fourth-order valence-corrected chi connectivity index (χ4v) is 3.80. The Bertz CT molecular complexity index is 1040. The Morgan fingerprint density at radius 1 is 1.25 bits per heavy atom. The molecule has 0 radical (unpaired) electrons. The van der Waals surface area contributed by atoms with Gasteiger partial charge in [0, 0.05) is 74.1 Å². The second kappa shape index (κ2) is 8.84. The number of carboxylic acid groups (broad SMARTS) is 1. The Kier molecular flexibility index (Phi) is 6.12. The average molecular weight is 460 g/mol. The van der Waals surface area contributed by atoms with E-state index in [0.29, 0.717) is 62.2 Å². The predicted molar refractivity (Wildman–Crippen MR) is 120 cm³/mol. The molecule has 2 heterocycles. The Hall–Kier alpha value is -3.04. The Morgan fingerprint density at radius 2 is 1.97 bits per heavy atom. The summed E-state index contributed by atoms with van der Waals surface area (Å²) in [6.45, 7) is 8.65. The predicted octanol–water partition coefficient (Wildman–Crippen LogP) is 3.26. The van der Waals surface area contributed by atoms with Gasteiger partial charge < -0.3 is 20.1 Å². The van der Waals surface area contributed by atoms with Crippen molar-refractivity contribution in [3.63, 3.8) is 0 Å². The van der Waals surface area contributed by atoms with Crippen molar-refractivity contribution >= 4 is 29.4 Å². The molecule has 1 aliphatic carbocycles. The normalized spacial score (nSPS) is 17.6. The standard InChI is InChI=1S/C22H26ClN5O4/c1-15(2)24-19-5-8-28(25-19)21(31)27-11-9-26(10-12-27)14-16-3-4-17(23)13-18(16)32-22(6-7-22)20(29)30/h3-5,8,13H,1,6-7,9-12,14H2,2H3,(H,24,25)(H,29,30). The van der Waals surface area contributed by atoms with Crippen molar-refractivity contribution in [1.29, 1.82) is 0 Å². The average Bonchev–Trinajstić information content (AvgIpc) is 3.40. The lowest BCUT2D eigenvalue weighted by atomic mass is 10.1. The number of nitrogens with one attached hydrogen (secondary N) is 1. The zero-order valence-corrected chi connectivity index (χ0v) is 18.6. The molecule has 1 aromatic heterocycles. The van der Waals surface area contributed by atoms with E-state index in [4.69, 9.17) is 16.3 Å². The van der Waals surface area contributed by atoms with Gasteiger partial charge in [0.25, 0.3) is 0 Å². The highest BCUT2D eigenvalue weighted by molar-refractivity contribution is 6.30. The van der Waals surface area contributed by atoms with Gasteiger partial charge in [-0.3, -0.25) is 4.90 Å². The van der Waals surface area contributed by atoms with Crippen molar-refractivity contribution in [3.8, 4) is 5.75 Å². The summed E-state index contributed by atoms with van der Waals surface area (Å²) in [7, 11) is 0. The maximum absolute atomic E-state index is 12.8. The number of carbonyl (C=O) groups is 2. The lowest BCUT2D eigenvalue weighted by Gasteiger charge is -2.34. The van der Waals surface area contributed by atoms with Crippen molar-refractivity contribution in [2.75, 3.05) is 31.5 Å². The van der Waals surface area contributed by atoms with Gasteiger partial charge in [-0.15, -0.1) is 5.10 Å². The largest absolute Gasteiger partial charge is 0.478 e. The molecule has 0 unspecified atom stereocenters. The summed E-state index contributed by atoms with van der Waals surface area (Å²) in [4.78, 5) is 28.2. The number of benzene rings is 1. The van der Waals surface area contributed by atoms with Crippen molar-refractivity contribution in [2.24, 2.45) is 0 Å². The number of aromatic nitrogens is 2. The first-order valence-electron chi connectivity index (χ1n) is 10.5. The number of hydrogen-bond donors (Lipinski definition) is 2. The number of ether oxygens (including phenoxy) is 1. The van der Waals surface area contributed by atoms with E-state index in [1.807, 2.05) is 13.0 Å². The van der Waals surface area contributed by atoms with Gasteiger partial charge in [-0.25, -0.2) is 9.59 Å². The highest BCUT2D eigenvalue weighted by atomic mass is 35.5. The summed E-state index contributed by atoms with van der Waals surface area (Å²) in [6.07, 6.45) is 2.62. The Labute approximate surface area is 191 Å². The number of piperazine rings is 1. The number of carbonyl (C=O) groups excluding carboxylic acids is 1. The first-order valence-corrected chi connectivity index (χ1v) is 10.8. The van der Waals surface area contributed by atoms with E-state index in [1.165, 1.54) is 4.68 Å². The van der Waals surface area contributed by atoms with Gasteiger partial charge in [-0.1, -0.05) is 24.2 Å². The summed E-state index contributed by atoms with van der Waals surface area (Å²) in [6, 6.07) is 6.88. The molecule has 0 bridgehead atoms. The van der Waals surface area contributed by atoms with Crippen LogP contribution in [-0.2, 0) is 11.3 Å². The van der Waals surface area contributed by atoms with E-state index < -0.39 is 11.6 Å². The van der Waals surface area contributed by atoms with E-state index in [9.17, 15) is 14.7 Å². The third-order valence-electron chi connectivity index (χ3n) is 5.59. The van der Waals surface area contributed by atoms with Gasteiger partial charge in [0.2, 0.25) is 5.60 Å². The molecule has 170 valence electrons. The van der Waals surface area contributed by atoms with Crippen LogP contribution in [0, 0.1) is 0 Å². The zero-order valence-electron chi connectivity index (χ0n) is 17.9. The molecular weight excluding hydrogens is 434 g/mol. The second-order valence-electron chi connectivity index (χ2n) is 8.25. The molecule has 32 heavy (non-hydrogen) atoms. The van der Waals surface area contributed by atoms with Crippen LogP contribution in [0.1, 0.15) is 25.3 Å². The van der Waals surface area contributed by atoms with Crippen LogP contribution in [0.15, 0.2) is 42.7 Å². The van der Waals surface area contributed by atoms with E-state index in [2.05, 4.69) is 21.9 Å². The molecule has 2 aliphatic rings. The summed E-state index contributed by atoms with van der Waals surface area (Å²) in [5.74, 6) is 0.135. The lowest BCUT2D eigenvalue weighted by Crippen LogP contribution is -2.49. The summed E-state index contributed by atoms with van der Waals surface area (Å²) >= 11 is 6.13. The minimum absolute atomic E-state index is 0.174. The molecule has 1 saturated heterocycles. The van der Waals surface area contributed by atoms with Crippen LogP contribution >= 0.6 is 11.6 Å². The number of rotatable bonds is 7. The van der Waals surface area contributed by atoms with Crippen LogP contribution in [0.2, 0.25) is 5.02 Å². The number of hydrogen-bond acceptors (Lipinski definition) is 6. The second-order valence-corrected chi connectivity index (χ2v) is 8.69. The number of halogens is 1. The SMILES string of the molecule is C=C(C)Nc1ccn(C(=O)N2CCN(Cc3ccc(Cl)cc3OC3(C(=O)O)CC3)CC2)n1. The molecule has 2 fully saturated rings. The lowest BCUT2D eigenvalue weighted by molar-refractivity contribution is -0.147. The molecule has 9 nitrogen and oxygen atoms in total. The van der Waals surface area contributed by atoms with Crippen molar-refractivity contribution in [3.05, 3.63) is 53.3 Å². The van der Waals surface area contributed by atoms with Crippen LogP contribution < -0.4 is 10.1 Å². The van der Waals surface area contributed by atoms with Crippen molar-refractivity contribution in [1.82, 2.24) is 19.6 Å². The van der Waals surface area contributed by atoms with Crippen molar-refractivity contribution < 1.29 is 19.4 Å². The smallest absolute Gasteiger partial charge is 0.348 e. The Morgan fingerprint density at radius 3 is 2.59 bits per heavy atom. The number of aliphatic carboxylic acids is 1. The number of anilines is 1. The quantitative estimate of drug-likeness (QED) is 0.655. The fourth-order valence-electron chi connectivity index (χ4n) is 3.64. The van der Waals surface area contributed by atoms with Gasteiger partial charge >= 0.3 is 12.0 Å². The summed E-state index contributed by atoms with van der Waals surface area (Å²) < 4.78 is 7.20. The van der Waals surface area contributed by atoms with E-state index in [0.717, 1.165) is 11.3 Å². The number of nitrogens with zero attached hydrogens (tertiary/aromatic N) is 4. The number of carboxylic acids is 1. The molecule has 2 aromatic rings. The molecule has 1 saturated carbocycles. The van der Waals surface area contributed by atoms with Crippen molar-refractivity contribution in [2.45, 2.75) is 31.9 Å². The molecule has 0 atom stereocenters. The third-order valence-corrected chi connectivity index (χ3v) is 5.83. The van der Waals surface area contributed by atoms with E-state index in [1.54, 1.807) is 29.3 Å².